The Labute approximate surface area is 108 Å². The number of hydrogen-bond acceptors (Lipinski definition) is 3. The van der Waals surface area contributed by atoms with Crippen molar-refractivity contribution in [3.8, 4) is 15.4 Å². The average Bonchev–Trinajstić information content (AvgIpc) is 2.99. The molecular formula is C13H11N3OS. The predicted molar refractivity (Wildman–Crippen MR) is 72.2 cm³/mol. The normalized spacial score (nSPS) is 10.7. The van der Waals surface area contributed by atoms with Gasteiger partial charge in [0.05, 0.1) is 6.33 Å². The minimum atomic E-state index is -0.0670. The molecule has 5 heteroatoms. The Kier molecular flexibility index (Phi) is 2.60. The van der Waals surface area contributed by atoms with Crippen LogP contribution in [-0.2, 0) is 0 Å². The molecule has 0 spiro atoms. The van der Waals surface area contributed by atoms with E-state index in [2.05, 4.69) is 16.0 Å². The zero-order chi connectivity index (χ0) is 12.5. The number of aromatic amines is 1. The summed E-state index contributed by atoms with van der Waals surface area (Å²) < 4.78 is 1.97. The van der Waals surface area contributed by atoms with Crippen LogP contribution in [0.2, 0.25) is 0 Å². The zero-order valence-electron chi connectivity index (χ0n) is 9.75. The summed E-state index contributed by atoms with van der Waals surface area (Å²) in [4.78, 5) is 19.2. The van der Waals surface area contributed by atoms with Crippen LogP contribution in [0.4, 0.5) is 0 Å². The number of hydrogen-bond donors (Lipinski definition) is 1. The van der Waals surface area contributed by atoms with Gasteiger partial charge < -0.3 is 4.98 Å². The lowest BCUT2D eigenvalue weighted by atomic mass is 10.2. The van der Waals surface area contributed by atoms with Crippen molar-refractivity contribution < 1.29 is 0 Å². The molecule has 1 N–H and O–H groups in total. The highest BCUT2D eigenvalue weighted by Gasteiger charge is 2.07. The Morgan fingerprint density at radius 2 is 2.17 bits per heavy atom. The molecule has 0 saturated heterocycles. The van der Waals surface area contributed by atoms with Gasteiger partial charge in [0.25, 0.3) is 0 Å². The highest BCUT2D eigenvalue weighted by atomic mass is 32.1. The maximum absolute atomic E-state index is 11.2. The van der Waals surface area contributed by atoms with Gasteiger partial charge in [-0.1, -0.05) is 0 Å². The highest BCUT2D eigenvalue weighted by molar-refractivity contribution is 7.17. The van der Waals surface area contributed by atoms with E-state index in [4.69, 9.17) is 0 Å². The summed E-state index contributed by atoms with van der Waals surface area (Å²) in [5.41, 5.74) is 1.88. The number of aryl methyl sites for hydroxylation is 1. The predicted octanol–water partition coefficient (Wildman–Crippen LogP) is 2.60. The topological polar surface area (TPSA) is 50.7 Å². The molecule has 18 heavy (non-hydrogen) atoms. The molecular weight excluding hydrogens is 246 g/mol. The van der Waals surface area contributed by atoms with Gasteiger partial charge in [0.2, 0.25) is 5.56 Å². The van der Waals surface area contributed by atoms with Crippen LogP contribution in [0.3, 0.4) is 0 Å². The Hall–Kier alpha value is -2.14. The van der Waals surface area contributed by atoms with Crippen molar-refractivity contribution in [2.75, 3.05) is 0 Å². The minimum absolute atomic E-state index is 0.0670. The summed E-state index contributed by atoms with van der Waals surface area (Å²) in [5, 5.41) is 1.10. The van der Waals surface area contributed by atoms with Crippen LogP contribution in [0, 0.1) is 6.92 Å². The Morgan fingerprint density at radius 3 is 2.89 bits per heavy atom. The van der Waals surface area contributed by atoms with Crippen LogP contribution in [0.1, 0.15) is 5.69 Å². The van der Waals surface area contributed by atoms with Gasteiger partial charge in [-0.2, -0.15) is 0 Å². The highest BCUT2D eigenvalue weighted by Crippen LogP contribution is 2.30. The second kappa shape index (κ2) is 4.27. The monoisotopic (exact) mass is 257 g/mol. The Balaban J connectivity index is 2.05. The number of nitrogens with zero attached hydrogens (tertiary/aromatic N) is 2. The Bertz CT molecular complexity index is 725. The maximum Gasteiger partial charge on any atom is 0.248 e. The van der Waals surface area contributed by atoms with E-state index < -0.39 is 0 Å². The number of rotatable bonds is 2. The first-order chi connectivity index (χ1) is 8.74. The van der Waals surface area contributed by atoms with Crippen LogP contribution < -0.4 is 5.56 Å². The van der Waals surface area contributed by atoms with E-state index in [1.54, 1.807) is 29.9 Å². The quantitative estimate of drug-likeness (QED) is 0.767. The molecule has 0 aromatic carbocycles. The molecule has 3 aromatic heterocycles. The van der Waals surface area contributed by atoms with Gasteiger partial charge in [-0.3, -0.25) is 9.36 Å². The summed E-state index contributed by atoms with van der Waals surface area (Å²) in [6.45, 7) is 1.91. The van der Waals surface area contributed by atoms with Crippen molar-refractivity contribution in [3.63, 3.8) is 0 Å². The zero-order valence-corrected chi connectivity index (χ0v) is 10.6. The lowest BCUT2D eigenvalue weighted by molar-refractivity contribution is 1.09. The number of H-pyrrole nitrogens is 1. The molecule has 3 heterocycles. The fourth-order valence-corrected chi connectivity index (χ4v) is 2.89. The lowest BCUT2D eigenvalue weighted by Crippen LogP contribution is -2.05. The fraction of sp³-hybridized carbons (Fsp3) is 0.0769. The van der Waals surface area contributed by atoms with Crippen molar-refractivity contribution in [1.29, 1.82) is 0 Å². The van der Waals surface area contributed by atoms with Crippen molar-refractivity contribution >= 4 is 11.3 Å². The summed E-state index contributed by atoms with van der Waals surface area (Å²) in [7, 11) is 0. The third-order valence-electron chi connectivity index (χ3n) is 2.73. The van der Waals surface area contributed by atoms with Crippen molar-refractivity contribution in [2.24, 2.45) is 0 Å². The molecule has 0 aliphatic rings. The van der Waals surface area contributed by atoms with Gasteiger partial charge in [-0.15, -0.1) is 11.3 Å². The lowest BCUT2D eigenvalue weighted by Gasteiger charge is -2.01. The van der Waals surface area contributed by atoms with Crippen molar-refractivity contribution in [3.05, 3.63) is 59.0 Å². The van der Waals surface area contributed by atoms with Gasteiger partial charge >= 0.3 is 0 Å². The molecule has 0 aliphatic carbocycles. The summed E-state index contributed by atoms with van der Waals surface area (Å²) in [6.07, 6.45) is 5.44. The van der Waals surface area contributed by atoms with Gasteiger partial charge in [0, 0.05) is 34.6 Å². The largest absolute Gasteiger partial charge is 0.326 e. The average molecular weight is 257 g/mol. The maximum atomic E-state index is 11.2. The van der Waals surface area contributed by atoms with Crippen molar-refractivity contribution in [1.82, 2.24) is 14.5 Å². The van der Waals surface area contributed by atoms with Gasteiger partial charge in [0.1, 0.15) is 5.00 Å². The smallest absolute Gasteiger partial charge is 0.248 e. The molecule has 0 atom stereocenters. The number of pyridine rings is 1. The molecule has 0 fully saturated rings. The number of thiophene rings is 1. The standard InChI is InChI=1S/C13H11N3OS/c1-9-10(2-4-12(17)15-9)11-3-5-13(18-11)16-7-6-14-8-16/h2-8H,1H3,(H,15,17). The summed E-state index contributed by atoms with van der Waals surface area (Å²) in [6, 6.07) is 7.52. The van der Waals surface area contributed by atoms with Crippen LogP contribution in [0.5, 0.6) is 0 Å². The molecule has 0 unspecified atom stereocenters. The van der Waals surface area contributed by atoms with E-state index in [9.17, 15) is 4.79 Å². The SMILES string of the molecule is Cc1[nH]c(=O)ccc1-c1ccc(-n2ccnc2)s1. The molecule has 3 aromatic rings. The Morgan fingerprint density at radius 1 is 1.28 bits per heavy atom. The van der Waals surface area contributed by atoms with E-state index in [1.165, 1.54) is 0 Å². The van der Waals surface area contributed by atoms with E-state index in [-0.39, 0.29) is 5.56 Å². The van der Waals surface area contributed by atoms with Gasteiger partial charge in [-0.25, -0.2) is 4.98 Å². The van der Waals surface area contributed by atoms with E-state index in [0.29, 0.717) is 0 Å². The number of imidazole rings is 1. The minimum Gasteiger partial charge on any atom is -0.326 e. The first kappa shape index (κ1) is 11.0. The van der Waals surface area contributed by atoms with E-state index in [0.717, 1.165) is 21.1 Å². The third kappa shape index (κ3) is 1.89. The van der Waals surface area contributed by atoms with Crippen LogP contribution in [0.25, 0.3) is 15.4 Å². The van der Waals surface area contributed by atoms with Crippen LogP contribution in [-0.4, -0.2) is 14.5 Å². The molecule has 0 aliphatic heterocycles. The fourth-order valence-electron chi connectivity index (χ4n) is 1.85. The first-order valence-electron chi connectivity index (χ1n) is 5.52. The van der Waals surface area contributed by atoms with Crippen molar-refractivity contribution in [2.45, 2.75) is 6.92 Å². The summed E-state index contributed by atoms with van der Waals surface area (Å²) >= 11 is 1.66. The molecule has 0 radical (unpaired) electrons. The van der Waals surface area contributed by atoms with Crippen LogP contribution >= 0.6 is 11.3 Å². The molecule has 90 valence electrons. The molecule has 3 rings (SSSR count). The molecule has 4 nitrogen and oxygen atoms in total. The van der Waals surface area contributed by atoms with E-state index >= 15 is 0 Å². The third-order valence-corrected chi connectivity index (χ3v) is 3.86. The number of nitrogens with one attached hydrogen (secondary N) is 1. The second-order valence-corrected chi connectivity index (χ2v) is 5.03. The first-order valence-corrected chi connectivity index (χ1v) is 6.34. The number of aromatic nitrogens is 3. The molecule has 0 bridgehead atoms. The van der Waals surface area contributed by atoms with Gasteiger partial charge in [-0.05, 0) is 25.1 Å². The second-order valence-electron chi connectivity index (χ2n) is 3.97. The van der Waals surface area contributed by atoms with E-state index in [1.807, 2.05) is 29.8 Å². The van der Waals surface area contributed by atoms with Crippen LogP contribution in [0.15, 0.2) is 47.8 Å². The van der Waals surface area contributed by atoms with Gasteiger partial charge in [0.15, 0.2) is 0 Å². The summed E-state index contributed by atoms with van der Waals surface area (Å²) in [5.74, 6) is 0. The molecule has 0 amide bonds. The molecule has 0 saturated carbocycles.